The quantitative estimate of drug-likeness (QED) is 0.759. The van der Waals surface area contributed by atoms with E-state index in [1.54, 1.807) is 0 Å². The van der Waals surface area contributed by atoms with E-state index < -0.39 is 0 Å². The Balaban J connectivity index is 0.000000514. The fourth-order valence-electron chi connectivity index (χ4n) is 2.14. The molecule has 0 unspecified atom stereocenters. The summed E-state index contributed by atoms with van der Waals surface area (Å²) >= 11 is 0. The zero-order valence-electron chi connectivity index (χ0n) is 11.3. The average molecular weight is 230 g/mol. The Morgan fingerprint density at radius 1 is 1.24 bits per heavy atom. The van der Waals surface area contributed by atoms with Crippen LogP contribution in [-0.4, -0.2) is 9.55 Å². The molecule has 0 bridgehead atoms. The number of rotatable bonds is 2. The highest BCUT2D eigenvalue weighted by Crippen LogP contribution is 2.32. The van der Waals surface area contributed by atoms with Crippen LogP contribution in [0.15, 0.2) is 18.2 Å². The Morgan fingerprint density at radius 2 is 1.94 bits per heavy atom. The standard InChI is InChI=1S/C13H16N2.C2H6/c1-9-3-6-12-13(7-9)15(10(2)14-12)8-11-4-5-11;1-2/h3,6-7,11H,4-5,8H2,1-2H3;1-2H3. The normalized spacial score (nSPS) is 14.6. The van der Waals surface area contributed by atoms with E-state index in [9.17, 15) is 0 Å². The molecule has 2 heteroatoms. The van der Waals surface area contributed by atoms with Crippen LogP contribution in [0.2, 0.25) is 0 Å². The van der Waals surface area contributed by atoms with Crippen LogP contribution in [0.5, 0.6) is 0 Å². The van der Waals surface area contributed by atoms with Crippen LogP contribution in [0, 0.1) is 19.8 Å². The van der Waals surface area contributed by atoms with Gasteiger partial charge in [-0.3, -0.25) is 0 Å². The van der Waals surface area contributed by atoms with Crippen LogP contribution in [0.25, 0.3) is 11.0 Å². The molecule has 0 saturated heterocycles. The predicted molar refractivity (Wildman–Crippen MR) is 73.3 cm³/mol. The van der Waals surface area contributed by atoms with Crippen molar-refractivity contribution in [3.05, 3.63) is 29.6 Å². The minimum absolute atomic E-state index is 0.904. The molecule has 2 aromatic rings. The lowest BCUT2D eigenvalue weighted by Crippen LogP contribution is -2.01. The molecule has 1 aromatic carbocycles. The predicted octanol–water partition coefficient (Wildman–Crippen LogP) is 4.09. The first-order valence-electron chi connectivity index (χ1n) is 6.67. The zero-order valence-corrected chi connectivity index (χ0v) is 11.3. The summed E-state index contributed by atoms with van der Waals surface area (Å²) in [7, 11) is 0. The van der Waals surface area contributed by atoms with Gasteiger partial charge in [0.1, 0.15) is 5.82 Å². The second-order valence-corrected chi connectivity index (χ2v) is 4.71. The molecule has 0 spiro atoms. The lowest BCUT2D eigenvalue weighted by molar-refractivity contribution is 0.626. The number of aryl methyl sites for hydroxylation is 2. The van der Waals surface area contributed by atoms with Gasteiger partial charge in [0.25, 0.3) is 0 Å². The van der Waals surface area contributed by atoms with Crippen molar-refractivity contribution in [1.82, 2.24) is 9.55 Å². The molecule has 1 aromatic heterocycles. The van der Waals surface area contributed by atoms with E-state index in [-0.39, 0.29) is 0 Å². The summed E-state index contributed by atoms with van der Waals surface area (Å²) in [5, 5.41) is 0. The van der Waals surface area contributed by atoms with Crippen molar-refractivity contribution in [2.75, 3.05) is 0 Å². The van der Waals surface area contributed by atoms with E-state index in [1.807, 2.05) is 13.8 Å². The molecule has 2 nitrogen and oxygen atoms in total. The Hall–Kier alpha value is -1.31. The molecule has 0 radical (unpaired) electrons. The first-order chi connectivity index (χ1) is 8.24. The summed E-state index contributed by atoms with van der Waals surface area (Å²) in [6.07, 6.45) is 2.79. The molecule has 1 saturated carbocycles. The van der Waals surface area contributed by atoms with Crippen LogP contribution in [0.3, 0.4) is 0 Å². The van der Waals surface area contributed by atoms with Crippen LogP contribution < -0.4 is 0 Å². The number of hydrogen-bond acceptors (Lipinski definition) is 1. The smallest absolute Gasteiger partial charge is 0.106 e. The number of fused-ring (bicyclic) bond motifs is 1. The molecule has 92 valence electrons. The SMILES string of the molecule is CC.Cc1ccc2nc(C)n(CC3CC3)c2c1. The van der Waals surface area contributed by atoms with Gasteiger partial charge in [0.15, 0.2) is 0 Å². The highest BCUT2D eigenvalue weighted by molar-refractivity contribution is 5.76. The molecule has 3 rings (SSSR count). The summed E-state index contributed by atoms with van der Waals surface area (Å²) < 4.78 is 2.38. The van der Waals surface area contributed by atoms with Gasteiger partial charge in [-0.1, -0.05) is 19.9 Å². The van der Waals surface area contributed by atoms with Crippen LogP contribution in [0.4, 0.5) is 0 Å². The lowest BCUT2D eigenvalue weighted by atomic mass is 10.2. The molecule has 1 fully saturated rings. The molecule has 0 atom stereocenters. The van der Waals surface area contributed by atoms with Gasteiger partial charge in [0, 0.05) is 6.54 Å². The molecular weight excluding hydrogens is 208 g/mol. The van der Waals surface area contributed by atoms with E-state index in [2.05, 4.69) is 41.6 Å². The van der Waals surface area contributed by atoms with Crippen LogP contribution in [0.1, 0.15) is 38.1 Å². The van der Waals surface area contributed by atoms with E-state index in [4.69, 9.17) is 0 Å². The van der Waals surface area contributed by atoms with Gasteiger partial charge in [0.2, 0.25) is 0 Å². The summed E-state index contributed by atoms with van der Waals surface area (Å²) in [6, 6.07) is 6.51. The Bertz CT molecular complexity index is 507. The highest BCUT2D eigenvalue weighted by Gasteiger charge is 2.23. The number of hydrogen-bond donors (Lipinski definition) is 0. The van der Waals surface area contributed by atoms with Crippen molar-refractivity contribution in [1.29, 1.82) is 0 Å². The largest absolute Gasteiger partial charge is 0.328 e. The number of nitrogens with zero attached hydrogens (tertiary/aromatic N) is 2. The lowest BCUT2D eigenvalue weighted by Gasteiger charge is -2.05. The van der Waals surface area contributed by atoms with Gasteiger partial charge in [-0.15, -0.1) is 0 Å². The molecular formula is C15H22N2. The number of aromatic nitrogens is 2. The number of imidazole rings is 1. The minimum Gasteiger partial charge on any atom is -0.328 e. The third-order valence-electron chi connectivity index (χ3n) is 3.23. The molecule has 0 amide bonds. The molecule has 0 N–H and O–H groups in total. The van der Waals surface area contributed by atoms with Gasteiger partial charge in [-0.2, -0.15) is 0 Å². The third kappa shape index (κ3) is 2.51. The maximum atomic E-state index is 4.60. The summed E-state index contributed by atoms with van der Waals surface area (Å²) in [5.41, 5.74) is 3.76. The fraction of sp³-hybridized carbons (Fsp3) is 0.533. The van der Waals surface area contributed by atoms with Crippen LogP contribution in [-0.2, 0) is 6.54 Å². The van der Waals surface area contributed by atoms with Gasteiger partial charge in [-0.25, -0.2) is 4.98 Å². The summed E-state index contributed by atoms with van der Waals surface area (Å²) in [5.74, 6) is 2.06. The van der Waals surface area contributed by atoms with Gasteiger partial charge >= 0.3 is 0 Å². The Kier molecular flexibility index (Phi) is 3.51. The Labute approximate surface area is 104 Å². The van der Waals surface area contributed by atoms with E-state index in [1.165, 1.54) is 23.9 Å². The summed E-state index contributed by atoms with van der Waals surface area (Å²) in [4.78, 5) is 4.60. The van der Waals surface area contributed by atoms with Crippen molar-refractivity contribution in [2.45, 2.75) is 47.1 Å². The van der Waals surface area contributed by atoms with Crippen molar-refractivity contribution in [3.8, 4) is 0 Å². The molecule has 0 aliphatic heterocycles. The monoisotopic (exact) mass is 230 g/mol. The highest BCUT2D eigenvalue weighted by atomic mass is 15.1. The second-order valence-electron chi connectivity index (χ2n) is 4.71. The zero-order chi connectivity index (χ0) is 12.4. The topological polar surface area (TPSA) is 17.8 Å². The molecule has 1 aliphatic carbocycles. The summed E-state index contributed by atoms with van der Waals surface area (Å²) in [6.45, 7) is 9.41. The molecule has 17 heavy (non-hydrogen) atoms. The maximum Gasteiger partial charge on any atom is 0.106 e. The van der Waals surface area contributed by atoms with Crippen LogP contribution >= 0.6 is 0 Å². The first-order valence-corrected chi connectivity index (χ1v) is 6.67. The second kappa shape index (κ2) is 4.91. The van der Waals surface area contributed by atoms with Crippen molar-refractivity contribution < 1.29 is 0 Å². The van der Waals surface area contributed by atoms with Gasteiger partial charge in [0.05, 0.1) is 11.0 Å². The third-order valence-corrected chi connectivity index (χ3v) is 3.23. The number of benzene rings is 1. The minimum atomic E-state index is 0.904. The van der Waals surface area contributed by atoms with Gasteiger partial charge < -0.3 is 4.57 Å². The van der Waals surface area contributed by atoms with E-state index >= 15 is 0 Å². The van der Waals surface area contributed by atoms with Crippen molar-refractivity contribution in [3.63, 3.8) is 0 Å². The fourth-order valence-corrected chi connectivity index (χ4v) is 2.14. The van der Waals surface area contributed by atoms with E-state index in [0.29, 0.717) is 0 Å². The maximum absolute atomic E-state index is 4.60. The van der Waals surface area contributed by atoms with E-state index in [0.717, 1.165) is 23.8 Å². The first kappa shape index (κ1) is 12.2. The van der Waals surface area contributed by atoms with Gasteiger partial charge in [-0.05, 0) is 50.3 Å². The molecule has 1 aliphatic rings. The van der Waals surface area contributed by atoms with Crippen molar-refractivity contribution >= 4 is 11.0 Å². The van der Waals surface area contributed by atoms with Crippen molar-refractivity contribution in [2.24, 2.45) is 5.92 Å². The average Bonchev–Trinajstić information content (AvgIpc) is 3.10. The molecule has 1 heterocycles. The Morgan fingerprint density at radius 3 is 2.59 bits per heavy atom.